The average molecular weight is 261 g/mol. The average Bonchev–Trinajstić information content (AvgIpc) is 2.48. The summed E-state index contributed by atoms with van der Waals surface area (Å²) in [5, 5.41) is 3.58. The zero-order chi connectivity index (χ0) is 13.1. The van der Waals surface area contributed by atoms with Crippen molar-refractivity contribution >= 4 is 0 Å². The third-order valence-corrected chi connectivity index (χ3v) is 4.22. The molecule has 0 aromatic heterocycles. The van der Waals surface area contributed by atoms with E-state index in [9.17, 15) is 0 Å². The fourth-order valence-electron chi connectivity index (χ4n) is 3.02. The number of piperidine rings is 1. The SMILES string of the molecule is CCc1ccc(C2CC3(CCN2)OCCCO3)cc1. The lowest BCUT2D eigenvalue weighted by atomic mass is 9.91. The smallest absolute Gasteiger partial charge is 0.171 e. The van der Waals surface area contributed by atoms with Crippen molar-refractivity contribution in [1.82, 2.24) is 5.32 Å². The normalized spacial score (nSPS) is 26.5. The summed E-state index contributed by atoms with van der Waals surface area (Å²) in [6, 6.07) is 9.26. The number of hydrogen-bond donors (Lipinski definition) is 1. The van der Waals surface area contributed by atoms with Gasteiger partial charge in [-0.15, -0.1) is 0 Å². The number of ether oxygens (including phenoxy) is 2. The summed E-state index contributed by atoms with van der Waals surface area (Å²) >= 11 is 0. The molecule has 1 unspecified atom stereocenters. The summed E-state index contributed by atoms with van der Waals surface area (Å²) in [6.45, 7) is 4.82. The lowest BCUT2D eigenvalue weighted by Crippen LogP contribution is -2.49. The van der Waals surface area contributed by atoms with Gasteiger partial charge < -0.3 is 14.8 Å². The molecule has 0 bridgehead atoms. The van der Waals surface area contributed by atoms with Crippen LogP contribution in [0.5, 0.6) is 0 Å². The maximum atomic E-state index is 5.94. The van der Waals surface area contributed by atoms with E-state index in [0.29, 0.717) is 6.04 Å². The number of benzene rings is 1. The summed E-state index contributed by atoms with van der Waals surface area (Å²) in [5.41, 5.74) is 2.73. The zero-order valence-corrected chi connectivity index (χ0v) is 11.7. The molecular formula is C16H23NO2. The van der Waals surface area contributed by atoms with Gasteiger partial charge in [-0.05, 0) is 24.0 Å². The van der Waals surface area contributed by atoms with E-state index in [1.165, 1.54) is 11.1 Å². The van der Waals surface area contributed by atoms with Gasteiger partial charge in [0, 0.05) is 25.4 Å². The van der Waals surface area contributed by atoms with Crippen LogP contribution < -0.4 is 5.32 Å². The first-order valence-corrected chi connectivity index (χ1v) is 7.41. The van der Waals surface area contributed by atoms with Crippen LogP contribution in [0.3, 0.4) is 0 Å². The summed E-state index contributed by atoms with van der Waals surface area (Å²) in [7, 11) is 0. The molecule has 2 heterocycles. The largest absolute Gasteiger partial charge is 0.350 e. The second-order valence-electron chi connectivity index (χ2n) is 5.52. The molecule has 0 saturated carbocycles. The van der Waals surface area contributed by atoms with Crippen molar-refractivity contribution in [1.29, 1.82) is 0 Å². The molecule has 0 aliphatic carbocycles. The summed E-state index contributed by atoms with van der Waals surface area (Å²) < 4.78 is 11.9. The standard InChI is InChI=1S/C16H23NO2/c1-2-13-4-6-14(7-5-13)15-12-16(8-9-17-15)18-10-3-11-19-16/h4-7,15,17H,2-3,8-12H2,1H3. The molecule has 2 aliphatic heterocycles. The topological polar surface area (TPSA) is 30.5 Å². The van der Waals surface area contributed by atoms with Crippen LogP contribution in [0, 0.1) is 0 Å². The van der Waals surface area contributed by atoms with Gasteiger partial charge in [-0.3, -0.25) is 0 Å². The van der Waals surface area contributed by atoms with Crippen molar-refractivity contribution in [3.05, 3.63) is 35.4 Å². The van der Waals surface area contributed by atoms with E-state index in [1.807, 2.05) is 0 Å². The molecule has 19 heavy (non-hydrogen) atoms. The Hall–Kier alpha value is -0.900. The molecule has 2 saturated heterocycles. The fraction of sp³-hybridized carbons (Fsp3) is 0.625. The molecule has 1 atom stereocenters. The van der Waals surface area contributed by atoms with Gasteiger partial charge in [0.15, 0.2) is 5.79 Å². The molecular weight excluding hydrogens is 238 g/mol. The highest BCUT2D eigenvalue weighted by Crippen LogP contribution is 2.36. The first-order valence-electron chi connectivity index (χ1n) is 7.41. The van der Waals surface area contributed by atoms with Gasteiger partial charge in [0.2, 0.25) is 0 Å². The molecule has 3 heteroatoms. The van der Waals surface area contributed by atoms with Crippen molar-refractivity contribution in [3.8, 4) is 0 Å². The highest BCUT2D eigenvalue weighted by atomic mass is 16.7. The molecule has 1 aromatic carbocycles. The molecule has 2 fully saturated rings. The minimum absolute atomic E-state index is 0.336. The van der Waals surface area contributed by atoms with Crippen molar-refractivity contribution in [2.24, 2.45) is 0 Å². The Bertz CT molecular complexity index is 404. The number of rotatable bonds is 2. The van der Waals surface area contributed by atoms with E-state index in [1.54, 1.807) is 0 Å². The zero-order valence-electron chi connectivity index (χ0n) is 11.7. The predicted molar refractivity (Wildman–Crippen MR) is 75.0 cm³/mol. The van der Waals surface area contributed by atoms with Crippen LogP contribution in [0.25, 0.3) is 0 Å². The Kier molecular flexibility index (Phi) is 3.87. The summed E-state index contributed by atoms with van der Waals surface area (Å²) in [4.78, 5) is 0. The quantitative estimate of drug-likeness (QED) is 0.888. The molecule has 0 amide bonds. The van der Waals surface area contributed by atoms with E-state index in [4.69, 9.17) is 9.47 Å². The number of aryl methyl sites for hydroxylation is 1. The van der Waals surface area contributed by atoms with Crippen LogP contribution in [-0.2, 0) is 15.9 Å². The third-order valence-electron chi connectivity index (χ3n) is 4.22. The molecule has 1 N–H and O–H groups in total. The Morgan fingerprint density at radius 1 is 1.21 bits per heavy atom. The summed E-state index contributed by atoms with van der Waals surface area (Å²) in [6.07, 6.45) is 3.98. The van der Waals surface area contributed by atoms with E-state index in [-0.39, 0.29) is 5.79 Å². The van der Waals surface area contributed by atoms with Gasteiger partial charge in [-0.1, -0.05) is 31.2 Å². The second-order valence-corrected chi connectivity index (χ2v) is 5.52. The van der Waals surface area contributed by atoms with Crippen LogP contribution in [0.1, 0.15) is 43.4 Å². The van der Waals surface area contributed by atoms with Crippen molar-refractivity contribution in [3.63, 3.8) is 0 Å². The Morgan fingerprint density at radius 3 is 2.63 bits per heavy atom. The molecule has 1 spiro atoms. The van der Waals surface area contributed by atoms with Crippen molar-refractivity contribution in [2.75, 3.05) is 19.8 Å². The molecule has 104 valence electrons. The maximum absolute atomic E-state index is 5.94. The number of hydrogen-bond acceptors (Lipinski definition) is 3. The molecule has 2 aliphatic rings. The van der Waals surface area contributed by atoms with E-state index in [2.05, 4.69) is 36.5 Å². The first-order chi connectivity index (χ1) is 9.31. The predicted octanol–water partition coefficient (Wildman–Crippen LogP) is 2.81. The van der Waals surface area contributed by atoms with Gasteiger partial charge in [0.05, 0.1) is 13.2 Å². The van der Waals surface area contributed by atoms with Crippen LogP contribution >= 0.6 is 0 Å². The van der Waals surface area contributed by atoms with Gasteiger partial charge in [0.1, 0.15) is 0 Å². The minimum atomic E-state index is -0.336. The number of nitrogens with one attached hydrogen (secondary N) is 1. The molecule has 3 rings (SSSR count). The lowest BCUT2D eigenvalue weighted by molar-refractivity contribution is -0.281. The van der Waals surface area contributed by atoms with Crippen LogP contribution in [0.2, 0.25) is 0 Å². The Morgan fingerprint density at radius 2 is 1.95 bits per heavy atom. The van der Waals surface area contributed by atoms with Crippen molar-refractivity contribution in [2.45, 2.75) is 44.4 Å². The van der Waals surface area contributed by atoms with E-state index in [0.717, 1.165) is 45.4 Å². The maximum Gasteiger partial charge on any atom is 0.171 e. The fourth-order valence-corrected chi connectivity index (χ4v) is 3.02. The van der Waals surface area contributed by atoms with Crippen molar-refractivity contribution < 1.29 is 9.47 Å². The summed E-state index contributed by atoms with van der Waals surface area (Å²) in [5.74, 6) is -0.336. The van der Waals surface area contributed by atoms with Gasteiger partial charge in [-0.25, -0.2) is 0 Å². The van der Waals surface area contributed by atoms with Crippen LogP contribution in [0.15, 0.2) is 24.3 Å². The minimum Gasteiger partial charge on any atom is -0.350 e. The van der Waals surface area contributed by atoms with Gasteiger partial charge >= 0.3 is 0 Å². The van der Waals surface area contributed by atoms with E-state index >= 15 is 0 Å². The molecule has 0 radical (unpaired) electrons. The monoisotopic (exact) mass is 261 g/mol. The van der Waals surface area contributed by atoms with Gasteiger partial charge in [0.25, 0.3) is 0 Å². The highest BCUT2D eigenvalue weighted by Gasteiger charge is 2.40. The first kappa shape index (κ1) is 13.1. The van der Waals surface area contributed by atoms with Gasteiger partial charge in [-0.2, -0.15) is 0 Å². The highest BCUT2D eigenvalue weighted by molar-refractivity contribution is 5.25. The Labute approximate surface area is 115 Å². The third kappa shape index (κ3) is 2.83. The Balaban J connectivity index is 1.73. The van der Waals surface area contributed by atoms with Crippen LogP contribution in [-0.4, -0.2) is 25.5 Å². The second kappa shape index (κ2) is 5.61. The molecule has 1 aromatic rings. The van der Waals surface area contributed by atoms with E-state index < -0.39 is 0 Å². The lowest BCUT2D eigenvalue weighted by Gasteiger charge is -2.43. The van der Waals surface area contributed by atoms with Crippen LogP contribution in [0.4, 0.5) is 0 Å². The molecule has 3 nitrogen and oxygen atoms in total.